The predicted molar refractivity (Wildman–Crippen MR) is 142 cm³/mol. The third-order valence-corrected chi connectivity index (χ3v) is 13.1. The maximum atomic E-state index is 12.2. The molecule has 4 aliphatic rings. The minimum atomic E-state index is 0.259. The summed E-state index contributed by atoms with van der Waals surface area (Å²) >= 11 is 12.3. The van der Waals surface area contributed by atoms with Gasteiger partial charge in [0, 0.05) is 20.9 Å². The fraction of sp³-hybridized carbons (Fsp3) is 0.889. The standard InChI is InChI=1S/C27H41Br3O/c1-15(2)24(31)9-6-16(3)19-7-8-20-18-13-23(30)25-22(29)12-17(28)14-27(25,5)21(18)10-11-26(19,20)4/h16-23,25H,1,6-14H2,2-5H3/t16-,17?,18+,19-,20+,21+,22?,23?,25?,26-,27-/m1/s1. The van der Waals surface area contributed by atoms with Crippen molar-refractivity contribution in [2.24, 2.45) is 46.3 Å². The van der Waals surface area contributed by atoms with E-state index in [4.69, 9.17) is 0 Å². The van der Waals surface area contributed by atoms with Crippen molar-refractivity contribution in [3.8, 4) is 0 Å². The van der Waals surface area contributed by atoms with E-state index in [9.17, 15) is 4.79 Å². The van der Waals surface area contributed by atoms with Gasteiger partial charge in [0.1, 0.15) is 0 Å². The molecule has 0 aliphatic heterocycles. The Bertz CT molecular complexity index is 721. The number of halogens is 3. The summed E-state index contributed by atoms with van der Waals surface area (Å²) in [6, 6.07) is 0. The van der Waals surface area contributed by atoms with Gasteiger partial charge in [0.2, 0.25) is 0 Å². The van der Waals surface area contributed by atoms with E-state index in [1.165, 1.54) is 44.9 Å². The van der Waals surface area contributed by atoms with Crippen LogP contribution in [0.2, 0.25) is 0 Å². The van der Waals surface area contributed by atoms with Crippen LogP contribution in [0.4, 0.5) is 0 Å². The largest absolute Gasteiger partial charge is 0.295 e. The lowest BCUT2D eigenvalue weighted by molar-refractivity contribution is -0.116. The number of ketones is 1. The second-order valence-corrected chi connectivity index (χ2v) is 15.8. The smallest absolute Gasteiger partial charge is 0.157 e. The third-order valence-electron chi connectivity index (χ3n) is 10.5. The molecule has 4 saturated carbocycles. The van der Waals surface area contributed by atoms with Crippen molar-refractivity contribution in [1.29, 1.82) is 0 Å². The molecule has 0 radical (unpaired) electrons. The molecule has 0 amide bonds. The van der Waals surface area contributed by atoms with Crippen LogP contribution in [0.5, 0.6) is 0 Å². The first-order valence-electron chi connectivity index (χ1n) is 12.6. The molecule has 4 aliphatic carbocycles. The van der Waals surface area contributed by atoms with Crippen LogP contribution >= 0.6 is 47.8 Å². The average molecular weight is 621 g/mol. The van der Waals surface area contributed by atoms with E-state index in [1.54, 1.807) is 0 Å². The number of Topliss-reactive ketones (excluding diaryl/α,β-unsaturated/α-hetero) is 1. The molecule has 4 unspecified atom stereocenters. The van der Waals surface area contributed by atoms with Crippen molar-refractivity contribution in [3.63, 3.8) is 0 Å². The molecule has 4 rings (SSSR count). The monoisotopic (exact) mass is 618 g/mol. The van der Waals surface area contributed by atoms with Gasteiger partial charge in [-0.15, -0.1) is 0 Å². The lowest BCUT2D eigenvalue weighted by Crippen LogP contribution is -2.59. The molecule has 0 saturated heterocycles. The molecule has 176 valence electrons. The molecule has 0 bridgehead atoms. The zero-order valence-corrected chi connectivity index (χ0v) is 24.6. The van der Waals surface area contributed by atoms with Gasteiger partial charge in [0.25, 0.3) is 0 Å². The van der Waals surface area contributed by atoms with E-state index in [2.05, 4.69) is 75.1 Å². The van der Waals surface area contributed by atoms with Gasteiger partial charge >= 0.3 is 0 Å². The highest BCUT2D eigenvalue weighted by Crippen LogP contribution is 2.69. The van der Waals surface area contributed by atoms with Crippen LogP contribution < -0.4 is 0 Å². The summed E-state index contributed by atoms with van der Waals surface area (Å²) in [6.45, 7) is 13.4. The zero-order valence-electron chi connectivity index (χ0n) is 19.8. The Labute approximate surface area is 215 Å². The first kappa shape index (κ1) is 25.0. The number of carbonyl (C=O) groups is 1. The summed E-state index contributed by atoms with van der Waals surface area (Å²) in [5.41, 5.74) is 1.61. The van der Waals surface area contributed by atoms with Gasteiger partial charge in [0.15, 0.2) is 5.78 Å². The highest BCUT2D eigenvalue weighted by atomic mass is 79.9. The maximum absolute atomic E-state index is 12.2. The number of carbonyl (C=O) groups excluding carboxylic acids is 1. The van der Waals surface area contributed by atoms with E-state index in [0.717, 1.165) is 41.6 Å². The molecule has 0 spiro atoms. The van der Waals surface area contributed by atoms with E-state index in [-0.39, 0.29) is 5.78 Å². The Morgan fingerprint density at radius 3 is 2.35 bits per heavy atom. The fourth-order valence-corrected chi connectivity index (χ4v) is 14.0. The normalized spacial score (nSPS) is 50.2. The molecule has 0 aromatic carbocycles. The van der Waals surface area contributed by atoms with Crippen molar-refractivity contribution in [1.82, 2.24) is 0 Å². The summed E-state index contributed by atoms with van der Waals surface area (Å²) in [5.74, 6) is 4.99. The van der Waals surface area contributed by atoms with Crippen LogP contribution in [0.15, 0.2) is 12.2 Å². The van der Waals surface area contributed by atoms with E-state index >= 15 is 0 Å². The Kier molecular flexibility index (Phi) is 7.36. The number of rotatable bonds is 5. The minimum Gasteiger partial charge on any atom is -0.295 e. The Morgan fingerprint density at radius 2 is 1.68 bits per heavy atom. The third kappa shape index (κ3) is 4.24. The Balaban J connectivity index is 1.53. The lowest BCUT2D eigenvalue weighted by Gasteiger charge is -2.63. The Hall–Kier alpha value is 0.850. The molecule has 0 aromatic heterocycles. The molecular weight excluding hydrogens is 580 g/mol. The van der Waals surface area contributed by atoms with Crippen molar-refractivity contribution in [2.75, 3.05) is 0 Å². The molecule has 0 heterocycles. The topological polar surface area (TPSA) is 17.1 Å². The highest BCUT2D eigenvalue weighted by Gasteiger charge is 2.63. The van der Waals surface area contributed by atoms with Crippen LogP contribution in [0.25, 0.3) is 0 Å². The number of allylic oxidation sites excluding steroid dienone is 1. The van der Waals surface area contributed by atoms with Crippen LogP contribution in [0.3, 0.4) is 0 Å². The molecular formula is C27H41Br3O. The fourth-order valence-electron chi connectivity index (χ4n) is 9.13. The summed E-state index contributed by atoms with van der Waals surface area (Å²) in [6.07, 6.45) is 11.2. The van der Waals surface area contributed by atoms with E-state index in [1.807, 2.05) is 6.92 Å². The summed E-state index contributed by atoms with van der Waals surface area (Å²) in [7, 11) is 0. The molecule has 1 nitrogen and oxygen atoms in total. The first-order valence-corrected chi connectivity index (χ1v) is 15.3. The van der Waals surface area contributed by atoms with Gasteiger partial charge in [-0.2, -0.15) is 0 Å². The van der Waals surface area contributed by atoms with Gasteiger partial charge in [-0.05, 0) is 110 Å². The summed E-state index contributed by atoms with van der Waals surface area (Å²) < 4.78 is 0. The molecule has 11 atom stereocenters. The van der Waals surface area contributed by atoms with Gasteiger partial charge in [-0.1, -0.05) is 75.1 Å². The number of hydrogen-bond donors (Lipinski definition) is 0. The molecule has 0 aromatic rings. The first-order chi connectivity index (χ1) is 14.5. The van der Waals surface area contributed by atoms with Crippen molar-refractivity contribution < 1.29 is 4.79 Å². The number of fused-ring (bicyclic) bond motifs is 5. The average Bonchev–Trinajstić information content (AvgIpc) is 3.02. The number of hydrogen-bond acceptors (Lipinski definition) is 1. The quantitative estimate of drug-likeness (QED) is 0.222. The van der Waals surface area contributed by atoms with Gasteiger partial charge in [0.05, 0.1) is 0 Å². The van der Waals surface area contributed by atoms with Crippen LogP contribution in [0.1, 0.15) is 85.5 Å². The van der Waals surface area contributed by atoms with E-state index < -0.39 is 0 Å². The van der Waals surface area contributed by atoms with Crippen molar-refractivity contribution in [2.45, 2.75) is 100.0 Å². The lowest BCUT2D eigenvalue weighted by atomic mass is 9.44. The zero-order chi connectivity index (χ0) is 22.7. The van der Waals surface area contributed by atoms with Crippen LogP contribution in [-0.2, 0) is 4.79 Å². The van der Waals surface area contributed by atoms with Crippen molar-refractivity contribution >= 4 is 53.6 Å². The second-order valence-electron chi connectivity index (χ2n) is 12.2. The molecule has 4 fully saturated rings. The predicted octanol–water partition coefficient (Wildman–Crippen LogP) is 8.72. The second kappa shape index (κ2) is 9.14. The maximum Gasteiger partial charge on any atom is 0.157 e. The summed E-state index contributed by atoms with van der Waals surface area (Å²) in [5, 5.41) is 0. The molecule has 4 heteroatoms. The minimum absolute atomic E-state index is 0.259. The van der Waals surface area contributed by atoms with Gasteiger partial charge in [-0.25, -0.2) is 0 Å². The Morgan fingerprint density at radius 1 is 1.03 bits per heavy atom. The molecule has 0 N–H and O–H groups in total. The van der Waals surface area contributed by atoms with Gasteiger partial charge in [-0.3, -0.25) is 4.79 Å². The number of alkyl halides is 3. The van der Waals surface area contributed by atoms with Gasteiger partial charge < -0.3 is 0 Å². The van der Waals surface area contributed by atoms with Crippen LogP contribution in [-0.4, -0.2) is 20.3 Å². The SMILES string of the molecule is C=C(C)C(=O)CC[C@@H](C)[C@H]1CC[C@H]2[C@@H]3CC(Br)C4C(Br)CC(Br)C[C@]4(C)[C@H]3CC[C@]12C. The summed E-state index contributed by atoms with van der Waals surface area (Å²) in [4.78, 5) is 14.1. The molecule has 31 heavy (non-hydrogen) atoms. The van der Waals surface area contributed by atoms with Crippen LogP contribution in [0, 0.1) is 46.3 Å². The highest BCUT2D eigenvalue weighted by molar-refractivity contribution is 9.10. The van der Waals surface area contributed by atoms with E-state index in [0.29, 0.717) is 37.7 Å². The van der Waals surface area contributed by atoms with Crippen molar-refractivity contribution in [3.05, 3.63) is 12.2 Å².